The number of rotatable bonds is 7. The van der Waals surface area contributed by atoms with Crippen LogP contribution in [0.15, 0.2) is 24.3 Å². The molecule has 1 aliphatic rings. The minimum Gasteiger partial charge on any atom is -0.384 e. The van der Waals surface area contributed by atoms with E-state index < -0.39 is 10.8 Å². The number of ether oxygens (including phenoxy) is 1. The van der Waals surface area contributed by atoms with Crippen LogP contribution in [-0.4, -0.2) is 35.5 Å². The van der Waals surface area contributed by atoms with E-state index >= 15 is 0 Å². The summed E-state index contributed by atoms with van der Waals surface area (Å²) in [5.41, 5.74) is 2.74. The molecule has 4 heteroatoms. The third-order valence-electron chi connectivity index (χ3n) is 3.90. The van der Waals surface area contributed by atoms with Gasteiger partial charge in [0.25, 0.3) is 0 Å². The first-order chi connectivity index (χ1) is 9.77. The Morgan fingerprint density at radius 3 is 2.95 bits per heavy atom. The van der Waals surface area contributed by atoms with Crippen LogP contribution in [0, 0.1) is 0 Å². The van der Waals surface area contributed by atoms with Crippen molar-refractivity contribution in [2.45, 2.75) is 37.5 Å². The molecule has 1 N–H and O–H groups in total. The number of aryl methyl sites for hydroxylation is 1. The molecule has 0 bridgehead atoms. The summed E-state index contributed by atoms with van der Waals surface area (Å²) in [4.78, 5) is 0. The lowest BCUT2D eigenvalue weighted by Gasteiger charge is -2.33. The highest BCUT2D eigenvalue weighted by atomic mass is 32.2. The van der Waals surface area contributed by atoms with Crippen LogP contribution in [0.25, 0.3) is 0 Å². The Balaban J connectivity index is 2.17. The maximum absolute atomic E-state index is 12.5. The van der Waals surface area contributed by atoms with Crippen LogP contribution in [-0.2, 0) is 22.0 Å². The number of fused-ring (bicyclic) bond motifs is 1. The molecule has 2 rings (SSSR count). The highest BCUT2D eigenvalue weighted by molar-refractivity contribution is 7.85. The maximum atomic E-state index is 12.5. The van der Waals surface area contributed by atoms with Gasteiger partial charge in [-0.3, -0.25) is 4.21 Å². The van der Waals surface area contributed by atoms with E-state index in [2.05, 4.69) is 36.5 Å². The number of methoxy groups -OCH3 is 1. The molecule has 3 unspecified atom stereocenters. The van der Waals surface area contributed by atoms with Crippen LogP contribution < -0.4 is 5.32 Å². The molecule has 0 saturated carbocycles. The van der Waals surface area contributed by atoms with Crippen molar-refractivity contribution in [1.29, 1.82) is 0 Å². The largest absolute Gasteiger partial charge is 0.384 e. The summed E-state index contributed by atoms with van der Waals surface area (Å²) < 4.78 is 17.6. The fourth-order valence-electron chi connectivity index (χ4n) is 2.87. The first kappa shape index (κ1) is 15.7. The summed E-state index contributed by atoms with van der Waals surface area (Å²) >= 11 is 0. The summed E-state index contributed by atoms with van der Waals surface area (Å²) in [5.74, 6) is 0.633. The van der Waals surface area contributed by atoms with Gasteiger partial charge in [0.1, 0.15) is 0 Å². The molecule has 0 saturated heterocycles. The van der Waals surface area contributed by atoms with E-state index in [1.807, 2.05) is 0 Å². The van der Waals surface area contributed by atoms with Crippen molar-refractivity contribution in [3.8, 4) is 0 Å². The standard InChI is InChI=1S/C16H25NO2S/c1-3-10-17-16-14-7-5-4-6-13(14)8-9-15(16)20(18)12-11-19-2/h4-7,15-17H,3,8-12H2,1-2H3. The molecule has 3 nitrogen and oxygen atoms in total. The van der Waals surface area contributed by atoms with Gasteiger partial charge in [0.2, 0.25) is 0 Å². The Bertz CT molecular complexity index is 450. The van der Waals surface area contributed by atoms with Gasteiger partial charge >= 0.3 is 0 Å². The Hall–Kier alpha value is -0.710. The fraction of sp³-hybridized carbons (Fsp3) is 0.625. The molecular formula is C16H25NO2S. The van der Waals surface area contributed by atoms with E-state index in [0.717, 1.165) is 25.8 Å². The maximum Gasteiger partial charge on any atom is 0.0577 e. The predicted molar refractivity (Wildman–Crippen MR) is 84.5 cm³/mol. The lowest BCUT2D eigenvalue weighted by atomic mass is 9.87. The van der Waals surface area contributed by atoms with Crippen molar-refractivity contribution in [3.63, 3.8) is 0 Å². The number of hydrogen-bond acceptors (Lipinski definition) is 3. The fourth-order valence-corrected chi connectivity index (χ4v) is 4.43. The monoisotopic (exact) mass is 295 g/mol. The Labute approximate surface area is 124 Å². The molecule has 0 fully saturated rings. The molecule has 3 atom stereocenters. The smallest absolute Gasteiger partial charge is 0.0577 e. The second-order valence-electron chi connectivity index (χ2n) is 5.29. The zero-order valence-corrected chi connectivity index (χ0v) is 13.2. The van der Waals surface area contributed by atoms with Gasteiger partial charge in [-0.25, -0.2) is 0 Å². The molecule has 0 aliphatic heterocycles. The van der Waals surface area contributed by atoms with Gasteiger partial charge in [0, 0.05) is 29.7 Å². The van der Waals surface area contributed by atoms with E-state index in [1.54, 1.807) is 7.11 Å². The zero-order chi connectivity index (χ0) is 14.4. The quantitative estimate of drug-likeness (QED) is 0.839. The van der Waals surface area contributed by atoms with Gasteiger partial charge in [0.05, 0.1) is 11.9 Å². The lowest BCUT2D eigenvalue weighted by molar-refractivity contribution is 0.217. The molecule has 1 aliphatic carbocycles. The van der Waals surface area contributed by atoms with E-state index in [4.69, 9.17) is 4.74 Å². The van der Waals surface area contributed by atoms with Crippen LogP contribution >= 0.6 is 0 Å². The second-order valence-corrected chi connectivity index (χ2v) is 7.06. The van der Waals surface area contributed by atoms with Gasteiger partial charge in [-0.15, -0.1) is 0 Å². The number of hydrogen-bond donors (Lipinski definition) is 1. The molecule has 0 amide bonds. The molecule has 0 aromatic heterocycles. The Morgan fingerprint density at radius 2 is 2.20 bits per heavy atom. The average Bonchev–Trinajstić information content (AvgIpc) is 2.50. The first-order valence-electron chi connectivity index (χ1n) is 7.45. The molecule has 112 valence electrons. The average molecular weight is 295 g/mol. The van der Waals surface area contributed by atoms with Crippen LogP contribution in [0.1, 0.15) is 36.9 Å². The van der Waals surface area contributed by atoms with E-state index in [0.29, 0.717) is 12.4 Å². The van der Waals surface area contributed by atoms with Gasteiger partial charge < -0.3 is 10.1 Å². The minimum atomic E-state index is -0.835. The summed E-state index contributed by atoms with van der Waals surface area (Å²) in [7, 11) is 0.832. The van der Waals surface area contributed by atoms with Crippen LogP contribution in [0.3, 0.4) is 0 Å². The van der Waals surface area contributed by atoms with Crippen LogP contribution in [0.2, 0.25) is 0 Å². The summed E-state index contributed by atoms with van der Waals surface area (Å²) in [5, 5.41) is 3.80. The van der Waals surface area contributed by atoms with Crippen molar-refractivity contribution >= 4 is 10.8 Å². The van der Waals surface area contributed by atoms with E-state index in [9.17, 15) is 4.21 Å². The van der Waals surface area contributed by atoms with Crippen molar-refractivity contribution in [3.05, 3.63) is 35.4 Å². The topological polar surface area (TPSA) is 38.3 Å². The van der Waals surface area contributed by atoms with Gasteiger partial charge in [-0.1, -0.05) is 31.2 Å². The van der Waals surface area contributed by atoms with E-state index in [-0.39, 0.29) is 11.3 Å². The third-order valence-corrected chi connectivity index (χ3v) is 5.65. The van der Waals surface area contributed by atoms with E-state index in [1.165, 1.54) is 11.1 Å². The van der Waals surface area contributed by atoms with Gasteiger partial charge in [-0.2, -0.15) is 0 Å². The number of benzene rings is 1. The van der Waals surface area contributed by atoms with Gasteiger partial charge in [0.15, 0.2) is 0 Å². The molecule has 0 spiro atoms. The molecule has 1 aromatic carbocycles. The molecule has 0 radical (unpaired) electrons. The highest BCUT2D eigenvalue weighted by Gasteiger charge is 2.32. The predicted octanol–water partition coefficient (Wildman–Crippen LogP) is 2.44. The Morgan fingerprint density at radius 1 is 1.40 bits per heavy atom. The van der Waals surface area contributed by atoms with Crippen LogP contribution in [0.5, 0.6) is 0 Å². The Kier molecular flexibility index (Phi) is 6.20. The molecule has 1 aromatic rings. The molecule has 0 heterocycles. The first-order valence-corrected chi connectivity index (χ1v) is 8.83. The lowest BCUT2D eigenvalue weighted by Crippen LogP contribution is -2.40. The zero-order valence-electron chi connectivity index (χ0n) is 12.4. The normalized spacial score (nSPS) is 23.3. The van der Waals surface area contributed by atoms with Crippen LogP contribution in [0.4, 0.5) is 0 Å². The SMILES string of the molecule is CCCNC1c2ccccc2CCC1S(=O)CCOC. The minimum absolute atomic E-state index is 0.201. The molecular weight excluding hydrogens is 270 g/mol. The molecule has 20 heavy (non-hydrogen) atoms. The third kappa shape index (κ3) is 3.68. The van der Waals surface area contributed by atoms with Gasteiger partial charge in [-0.05, 0) is 36.9 Å². The van der Waals surface area contributed by atoms with Crippen molar-refractivity contribution in [2.75, 3.05) is 26.0 Å². The van der Waals surface area contributed by atoms with Crippen molar-refractivity contribution in [2.24, 2.45) is 0 Å². The summed E-state index contributed by atoms with van der Waals surface area (Å²) in [6, 6.07) is 8.78. The van der Waals surface area contributed by atoms with Crippen molar-refractivity contribution < 1.29 is 8.95 Å². The summed E-state index contributed by atoms with van der Waals surface area (Å²) in [6.07, 6.45) is 3.12. The second kappa shape index (κ2) is 7.91. The van der Waals surface area contributed by atoms with Crippen molar-refractivity contribution in [1.82, 2.24) is 5.32 Å². The highest BCUT2D eigenvalue weighted by Crippen LogP contribution is 2.33. The summed E-state index contributed by atoms with van der Waals surface area (Å²) in [6.45, 7) is 3.71. The number of nitrogens with one attached hydrogen (secondary N) is 1.